The van der Waals surface area contributed by atoms with Gasteiger partial charge in [-0.2, -0.15) is 8.42 Å². The van der Waals surface area contributed by atoms with E-state index in [-0.39, 0.29) is 10.7 Å². The molecule has 0 aromatic heterocycles. The maximum atomic E-state index is 11.4. The van der Waals surface area contributed by atoms with Crippen LogP contribution in [0.15, 0.2) is 15.4 Å². The number of sulfonamides is 1. The molecule has 0 bridgehead atoms. The van der Waals surface area contributed by atoms with E-state index >= 15 is 0 Å². The van der Waals surface area contributed by atoms with E-state index in [0.29, 0.717) is 12.6 Å². The summed E-state index contributed by atoms with van der Waals surface area (Å²) in [6, 6.07) is 0.447. The number of amidine groups is 1. The lowest BCUT2D eigenvalue weighted by atomic mass is 10.2. The number of nitrogens with one attached hydrogen (secondary N) is 1. The minimum absolute atomic E-state index is 0.0817. The highest BCUT2D eigenvalue weighted by Gasteiger charge is 2.24. The summed E-state index contributed by atoms with van der Waals surface area (Å²) in [6.45, 7) is 0.344. The van der Waals surface area contributed by atoms with Crippen LogP contribution in [0.5, 0.6) is 0 Å². The van der Waals surface area contributed by atoms with Crippen LogP contribution in [0.2, 0.25) is 0 Å². The van der Waals surface area contributed by atoms with Crippen molar-refractivity contribution in [2.45, 2.75) is 31.7 Å². The van der Waals surface area contributed by atoms with Gasteiger partial charge in [-0.3, -0.25) is 0 Å². The molecule has 0 aromatic rings. The van der Waals surface area contributed by atoms with E-state index in [1.807, 2.05) is 0 Å². The summed E-state index contributed by atoms with van der Waals surface area (Å²) in [6.07, 6.45) is 6.13. The topological polar surface area (TPSA) is 84.5 Å². The lowest BCUT2D eigenvalue weighted by Crippen LogP contribution is -2.29. The van der Waals surface area contributed by atoms with Gasteiger partial charge < -0.3 is 11.1 Å². The highest BCUT2D eigenvalue weighted by Crippen LogP contribution is 2.19. The average molecular weight is 229 g/mol. The molecule has 2 aliphatic rings. The van der Waals surface area contributed by atoms with Gasteiger partial charge in [0.1, 0.15) is 5.84 Å². The smallest absolute Gasteiger partial charge is 0.281 e. The van der Waals surface area contributed by atoms with Crippen molar-refractivity contribution in [2.75, 3.05) is 6.54 Å². The first-order chi connectivity index (χ1) is 7.08. The minimum atomic E-state index is -3.47. The molecule has 1 aliphatic carbocycles. The lowest BCUT2D eigenvalue weighted by molar-refractivity contribution is 0.550. The van der Waals surface area contributed by atoms with Gasteiger partial charge in [0.05, 0.1) is 4.91 Å². The second-order valence-corrected chi connectivity index (χ2v) is 5.62. The van der Waals surface area contributed by atoms with Gasteiger partial charge in [0, 0.05) is 12.6 Å². The number of nitrogens with two attached hydrogens (primary N) is 1. The normalized spacial score (nSPS) is 25.3. The van der Waals surface area contributed by atoms with Gasteiger partial charge in [-0.05, 0) is 18.9 Å². The van der Waals surface area contributed by atoms with Gasteiger partial charge in [-0.15, -0.1) is 4.40 Å². The molecule has 2 rings (SSSR count). The van der Waals surface area contributed by atoms with Crippen molar-refractivity contribution in [1.82, 2.24) is 5.32 Å². The number of nitrogens with zero attached hydrogens (tertiary/aromatic N) is 1. The molecule has 1 heterocycles. The minimum Gasteiger partial charge on any atom is -0.383 e. The first kappa shape index (κ1) is 10.6. The van der Waals surface area contributed by atoms with Crippen molar-refractivity contribution in [3.05, 3.63) is 11.0 Å². The molecule has 1 fully saturated rings. The van der Waals surface area contributed by atoms with E-state index in [0.717, 1.165) is 12.8 Å². The summed E-state index contributed by atoms with van der Waals surface area (Å²) in [5.41, 5.74) is 5.35. The van der Waals surface area contributed by atoms with Gasteiger partial charge in [0.2, 0.25) is 0 Å². The molecule has 0 spiro atoms. The van der Waals surface area contributed by atoms with Gasteiger partial charge >= 0.3 is 0 Å². The quantitative estimate of drug-likeness (QED) is 0.719. The molecule has 0 atom stereocenters. The Hall–Kier alpha value is -0.880. The predicted octanol–water partition coefficient (Wildman–Crippen LogP) is 0.103. The fraction of sp³-hybridized carbons (Fsp3) is 0.667. The van der Waals surface area contributed by atoms with Crippen LogP contribution < -0.4 is 11.1 Å². The van der Waals surface area contributed by atoms with E-state index in [9.17, 15) is 8.42 Å². The largest absolute Gasteiger partial charge is 0.383 e. The molecule has 6 heteroatoms. The summed E-state index contributed by atoms with van der Waals surface area (Å²) in [5, 5.41) is 3.22. The highest BCUT2D eigenvalue weighted by molar-refractivity contribution is 7.94. The zero-order valence-corrected chi connectivity index (χ0v) is 9.26. The maximum Gasteiger partial charge on any atom is 0.281 e. The molecule has 3 N–H and O–H groups in total. The molecule has 0 saturated heterocycles. The molecular formula is C9H15N3O2S. The van der Waals surface area contributed by atoms with Crippen molar-refractivity contribution in [2.24, 2.45) is 10.1 Å². The van der Waals surface area contributed by atoms with Gasteiger partial charge in [0.15, 0.2) is 0 Å². The summed E-state index contributed by atoms with van der Waals surface area (Å²) in [5.74, 6) is 0.0817. The van der Waals surface area contributed by atoms with Gasteiger partial charge in [-0.1, -0.05) is 12.8 Å². The Balaban J connectivity index is 1.93. The Morgan fingerprint density at radius 2 is 2.13 bits per heavy atom. The maximum absolute atomic E-state index is 11.4. The zero-order chi connectivity index (χ0) is 10.9. The molecule has 0 radical (unpaired) electrons. The van der Waals surface area contributed by atoms with E-state index in [4.69, 9.17) is 5.73 Å². The third-order valence-corrected chi connectivity index (χ3v) is 4.16. The fourth-order valence-corrected chi connectivity index (χ4v) is 2.96. The summed E-state index contributed by atoms with van der Waals surface area (Å²) in [7, 11) is -3.47. The molecule has 15 heavy (non-hydrogen) atoms. The van der Waals surface area contributed by atoms with E-state index in [1.165, 1.54) is 18.9 Å². The van der Waals surface area contributed by atoms with Gasteiger partial charge in [-0.25, -0.2) is 0 Å². The first-order valence-corrected chi connectivity index (χ1v) is 6.56. The zero-order valence-electron chi connectivity index (χ0n) is 8.44. The van der Waals surface area contributed by atoms with Crippen molar-refractivity contribution < 1.29 is 8.42 Å². The van der Waals surface area contributed by atoms with Crippen LogP contribution in [0.1, 0.15) is 25.7 Å². The first-order valence-electron chi connectivity index (χ1n) is 5.12. The summed E-state index contributed by atoms with van der Waals surface area (Å²) < 4.78 is 26.2. The van der Waals surface area contributed by atoms with Crippen molar-refractivity contribution in [3.8, 4) is 0 Å². The molecule has 1 saturated carbocycles. The predicted molar refractivity (Wildman–Crippen MR) is 58.9 cm³/mol. The average Bonchev–Trinajstić information content (AvgIpc) is 2.70. The summed E-state index contributed by atoms with van der Waals surface area (Å²) >= 11 is 0. The number of hydrogen-bond acceptors (Lipinski definition) is 4. The van der Waals surface area contributed by atoms with E-state index in [1.54, 1.807) is 0 Å². The van der Waals surface area contributed by atoms with Crippen LogP contribution in [-0.2, 0) is 10.0 Å². The lowest BCUT2D eigenvalue weighted by Gasteiger charge is -2.11. The van der Waals surface area contributed by atoms with Crippen LogP contribution >= 0.6 is 0 Å². The second-order valence-electron chi connectivity index (χ2n) is 3.96. The van der Waals surface area contributed by atoms with Crippen LogP contribution in [0, 0.1) is 0 Å². The Morgan fingerprint density at radius 1 is 1.47 bits per heavy atom. The van der Waals surface area contributed by atoms with Crippen LogP contribution in [0.25, 0.3) is 0 Å². The summed E-state index contributed by atoms with van der Waals surface area (Å²) in [4.78, 5) is 0.284. The SMILES string of the molecule is NC1=NS(=O)(=O)C(CNC2CCCC2)=C1. The van der Waals surface area contributed by atoms with E-state index in [2.05, 4.69) is 9.71 Å². The van der Waals surface area contributed by atoms with Crippen LogP contribution in [0.3, 0.4) is 0 Å². The monoisotopic (exact) mass is 229 g/mol. The number of rotatable bonds is 3. The Morgan fingerprint density at radius 3 is 2.67 bits per heavy atom. The third-order valence-electron chi connectivity index (χ3n) is 2.79. The van der Waals surface area contributed by atoms with Gasteiger partial charge in [0.25, 0.3) is 10.0 Å². The van der Waals surface area contributed by atoms with Crippen LogP contribution in [0.4, 0.5) is 0 Å². The second kappa shape index (κ2) is 3.94. The Bertz CT molecular complexity index is 405. The molecule has 0 amide bonds. The molecule has 1 aliphatic heterocycles. The van der Waals surface area contributed by atoms with Crippen LogP contribution in [-0.4, -0.2) is 26.8 Å². The standard InChI is InChI=1S/C9H15N3O2S/c10-9-5-8(15(13,14)12-9)6-11-7-3-1-2-4-7/h5,7,11H,1-4,6H2,(H2,10,12). The molecule has 5 nitrogen and oxygen atoms in total. The Labute approximate surface area is 89.5 Å². The molecular weight excluding hydrogens is 214 g/mol. The molecule has 0 aromatic carbocycles. The Kier molecular flexibility index (Phi) is 2.79. The number of hydrogen-bond donors (Lipinski definition) is 2. The highest BCUT2D eigenvalue weighted by atomic mass is 32.2. The van der Waals surface area contributed by atoms with Crippen molar-refractivity contribution in [1.29, 1.82) is 0 Å². The molecule has 84 valence electrons. The fourth-order valence-electron chi connectivity index (χ4n) is 1.98. The van der Waals surface area contributed by atoms with Crippen molar-refractivity contribution in [3.63, 3.8) is 0 Å². The third kappa shape index (κ3) is 2.38. The van der Waals surface area contributed by atoms with E-state index < -0.39 is 10.0 Å². The molecule has 0 unspecified atom stereocenters. The van der Waals surface area contributed by atoms with Crippen molar-refractivity contribution >= 4 is 15.9 Å².